The molecule has 18 heavy (non-hydrogen) atoms. The molecule has 0 saturated carbocycles. The van der Waals surface area contributed by atoms with Crippen LogP contribution in [-0.4, -0.2) is 38.4 Å². The van der Waals surface area contributed by atoms with Gasteiger partial charge in [-0.1, -0.05) is 18.2 Å². The van der Waals surface area contributed by atoms with Gasteiger partial charge < -0.3 is 4.74 Å². The van der Waals surface area contributed by atoms with Crippen LogP contribution in [0.5, 0.6) is 0 Å². The van der Waals surface area contributed by atoms with E-state index in [4.69, 9.17) is 4.74 Å². The molecule has 2 rings (SSSR count). The molecule has 1 aromatic rings. The molecule has 0 spiro atoms. The SMILES string of the molecule is COC[C@@H]1CCC(=O)N1S(=O)(=O)c1ccccc1. The van der Waals surface area contributed by atoms with Crippen LogP contribution in [0.4, 0.5) is 0 Å². The second kappa shape index (κ2) is 5.07. The van der Waals surface area contributed by atoms with Crippen molar-refractivity contribution in [3.63, 3.8) is 0 Å². The zero-order chi connectivity index (χ0) is 13.2. The number of ether oxygens (including phenoxy) is 1. The molecule has 0 radical (unpaired) electrons. The van der Waals surface area contributed by atoms with Gasteiger partial charge in [0.15, 0.2) is 0 Å². The smallest absolute Gasteiger partial charge is 0.266 e. The highest BCUT2D eigenvalue weighted by molar-refractivity contribution is 7.89. The standard InChI is InChI=1S/C12H15NO4S/c1-17-9-10-7-8-12(14)13(10)18(15,16)11-5-3-2-4-6-11/h2-6,10H,7-9H2,1H3/t10-/m0/s1. The maximum Gasteiger partial charge on any atom is 0.266 e. The van der Waals surface area contributed by atoms with Gasteiger partial charge in [-0.3, -0.25) is 4.79 Å². The number of amides is 1. The Kier molecular flexibility index (Phi) is 3.68. The van der Waals surface area contributed by atoms with Gasteiger partial charge >= 0.3 is 0 Å². The molecule has 0 bridgehead atoms. The number of nitrogens with zero attached hydrogens (tertiary/aromatic N) is 1. The van der Waals surface area contributed by atoms with Crippen LogP contribution in [0.3, 0.4) is 0 Å². The van der Waals surface area contributed by atoms with Gasteiger partial charge in [0.2, 0.25) is 5.91 Å². The fourth-order valence-corrected chi connectivity index (χ4v) is 3.75. The van der Waals surface area contributed by atoms with Crippen LogP contribution < -0.4 is 0 Å². The molecule has 1 aliphatic heterocycles. The highest BCUT2D eigenvalue weighted by Crippen LogP contribution is 2.27. The highest BCUT2D eigenvalue weighted by atomic mass is 32.2. The third-order valence-electron chi connectivity index (χ3n) is 2.93. The number of carbonyl (C=O) groups is 1. The Bertz CT molecular complexity index is 526. The average molecular weight is 269 g/mol. The largest absolute Gasteiger partial charge is 0.383 e. The summed E-state index contributed by atoms with van der Waals surface area (Å²) < 4.78 is 30.7. The van der Waals surface area contributed by atoms with Crippen LogP contribution in [0.15, 0.2) is 35.2 Å². The quantitative estimate of drug-likeness (QED) is 0.818. The van der Waals surface area contributed by atoms with Crippen LogP contribution in [0, 0.1) is 0 Å². The Balaban J connectivity index is 2.37. The first-order chi connectivity index (χ1) is 8.57. The third kappa shape index (κ3) is 2.26. The van der Waals surface area contributed by atoms with Crippen molar-refractivity contribution in [2.24, 2.45) is 0 Å². The van der Waals surface area contributed by atoms with E-state index in [2.05, 4.69) is 0 Å². The van der Waals surface area contributed by atoms with Crippen LogP contribution in [0.25, 0.3) is 0 Å². The summed E-state index contributed by atoms with van der Waals surface area (Å²) in [6.07, 6.45) is 0.763. The summed E-state index contributed by atoms with van der Waals surface area (Å²) in [5.41, 5.74) is 0. The molecule has 1 saturated heterocycles. The summed E-state index contributed by atoms with van der Waals surface area (Å²) >= 11 is 0. The minimum absolute atomic E-state index is 0.140. The summed E-state index contributed by atoms with van der Waals surface area (Å²) in [4.78, 5) is 11.9. The number of rotatable bonds is 4. The van der Waals surface area contributed by atoms with Gasteiger partial charge in [-0.15, -0.1) is 0 Å². The molecule has 98 valence electrons. The van der Waals surface area contributed by atoms with Gasteiger partial charge in [0, 0.05) is 13.5 Å². The maximum atomic E-state index is 12.4. The Morgan fingerprint density at radius 2 is 2.00 bits per heavy atom. The van der Waals surface area contributed by atoms with E-state index in [0.29, 0.717) is 6.42 Å². The number of sulfonamides is 1. The van der Waals surface area contributed by atoms with Crippen molar-refractivity contribution >= 4 is 15.9 Å². The molecular formula is C12H15NO4S. The molecule has 1 fully saturated rings. The molecule has 6 heteroatoms. The normalized spacial score (nSPS) is 20.4. The minimum atomic E-state index is -3.76. The molecule has 1 amide bonds. The molecule has 1 atom stereocenters. The number of hydrogen-bond donors (Lipinski definition) is 0. The Hall–Kier alpha value is -1.40. The highest BCUT2D eigenvalue weighted by Gasteiger charge is 2.40. The average Bonchev–Trinajstić information content (AvgIpc) is 2.73. The minimum Gasteiger partial charge on any atom is -0.383 e. The van der Waals surface area contributed by atoms with Crippen LogP contribution in [-0.2, 0) is 19.6 Å². The summed E-state index contributed by atoms with van der Waals surface area (Å²) in [6, 6.07) is 7.60. The van der Waals surface area contributed by atoms with E-state index in [0.717, 1.165) is 4.31 Å². The Morgan fingerprint density at radius 1 is 1.33 bits per heavy atom. The molecule has 0 aromatic heterocycles. The van der Waals surface area contributed by atoms with Gasteiger partial charge in [-0.25, -0.2) is 12.7 Å². The number of carbonyl (C=O) groups excluding carboxylic acids is 1. The predicted octanol–water partition coefficient (Wildman–Crippen LogP) is 1.01. The fraction of sp³-hybridized carbons (Fsp3) is 0.417. The van der Waals surface area contributed by atoms with E-state index in [9.17, 15) is 13.2 Å². The molecule has 1 heterocycles. The lowest BCUT2D eigenvalue weighted by Gasteiger charge is -2.23. The third-order valence-corrected chi connectivity index (χ3v) is 4.82. The Labute approximate surface area is 106 Å². The van der Waals surface area contributed by atoms with Gasteiger partial charge in [0.05, 0.1) is 17.5 Å². The lowest BCUT2D eigenvalue weighted by atomic mass is 10.2. The summed E-state index contributed by atoms with van der Waals surface area (Å²) in [5.74, 6) is -0.360. The van der Waals surface area contributed by atoms with Gasteiger partial charge in [0.1, 0.15) is 0 Å². The zero-order valence-corrected chi connectivity index (χ0v) is 10.9. The zero-order valence-electron chi connectivity index (χ0n) is 10.1. The topological polar surface area (TPSA) is 63.7 Å². The van der Waals surface area contributed by atoms with Crippen molar-refractivity contribution in [3.05, 3.63) is 30.3 Å². The first kappa shape index (κ1) is 13.0. The lowest BCUT2D eigenvalue weighted by molar-refractivity contribution is -0.124. The van der Waals surface area contributed by atoms with E-state index in [-0.39, 0.29) is 23.8 Å². The summed E-state index contributed by atoms with van der Waals surface area (Å²) in [6.45, 7) is 0.234. The monoisotopic (exact) mass is 269 g/mol. The maximum absolute atomic E-state index is 12.4. The molecule has 0 aliphatic carbocycles. The van der Waals surface area contributed by atoms with Gasteiger partial charge in [-0.2, -0.15) is 0 Å². The van der Waals surface area contributed by atoms with Crippen molar-refractivity contribution in [2.45, 2.75) is 23.8 Å². The Morgan fingerprint density at radius 3 is 2.61 bits per heavy atom. The second-order valence-electron chi connectivity index (χ2n) is 4.16. The first-order valence-electron chi connectivity index (χ1n) is 5.68. The number of hydrogen-bond acceptors (Lipinski definition) is 4. The molecule has 5 nitrogen and oxygen atoms in total. The van der Waals surface area contributed by atoms with Crippen molar-refractivity contribution in [3.8, 4) is 0 Å². The lowest BCUT2D eigenvalue weighted by Crippen LogP contribution is -2.40. The van der Waals surface area contributed by atoms with Crippen molar-refractivity contribution in [1.82, 2.24) is 4.31 Å². The molecule has 1 aliphatic rings. The second-order valence-corrected chi connectivity index (χ2v) is 5.97. The summed E-state index contributed by atoms with van der Waals surface area (Å²) in [7, 11) is -2.26. The fourth-order valence-electron chi connectivity index (χ4n) is 2.10. The van der Waals surface area contributed by atoms with Crippen molar-refractivity contribution in [2.75, 3.05) is 13.7 Å². The number of benzene rings is 1. The van der Waals surface area contributed by atoms with Crippen LogP contribution in [0.2, 0.25) is 0 Å². The molecule has 0 unspecified atom stereocenters. The van der Waals surface area contributed by atoms with Crippen LogP contribution >= 0.6 is 0 Å². The molecule has 0 N–H and O–H groups in total. The van der Waals surface area contributed by atoms with E-state index < -0.39 is 16.1 Å². The summed E-state index contributed by atoms with van der Waals surface area (Å²) in [5, 5.41) is 0. The predicted molar refractivity (Wildman–Crippen MR) is 65.4 cm³/mol. The van der Waals surface area contributed by atoms with Crippen molar-refractivity contribution < 1.29 is 17.9 Å². The van der Waals surface area contributed by atoms with E-state index >= 15 is 0 Å². The molecular weight excluding hydrogens is 254 g/mol. The van der Waals surface area contributed by atoms with E-state index in [1.54, 1.807) is 18.2 Å². The van der Waals surface area contributed by atoms with E-state index in [1.165, 1.54) is 19.2 Å². The van der Waals surface area contributed by atoms with Gasteiger partial charge in [-0.05, 0) is 18.6 Å². The first-order valence-corrected chi connectivity index (χ1v) is 7.12. The van der Waals surface area contributed by atoms with Crippen molar-refractivity contribution in [1.29, 1.82) is 0 Å². The van der Waals surface area contributed by atoms with E-state index in [1.807, 2.05) is 0 Å². The van der Waals surface area contributed by atoms with Crippen LogP contribution in [0.1, 0.15) is 12.8 Å². The molecule has 1 aromatic carbocycles. The van der Waals surface area contributed by atoms with Gasteiger partial charge in [0.25, 0.3) is 10.0 Å². The number of methoxy groups -OCH3 is 1.